The predicted molar refractivity (Wildman–Crippen MR) is 42.3 cm³/mol. The van der Waals surface area contributed by atoms with Gasteiger partial charge < -0.3 is 9.63 Å². The highest BCUT2D eigenvalue weighted by Gasteiger charge is 2.14. The third kappa shape index (κ3) is 1.42. The molecule has 0 aliphatic heterocycles. The highest BCUT2D eigenvalue weighted by atomic mass is 16.5. The lowest BCUT2D eigenvalue weighted by atomic mass is 10.4. The Morgan fingerprint density at radius 3 is 2.93 bits per heavy atom. The molecule has 0 unspecified atom stereocenters. The predicted octanol–water partition coefficient (Wildman–Crippen LogP) is 0.225. The van der Waals surface area contributed by atoms with E-state index in [9.17, 15) is 4.79 Å². The number of aromatic nitrogens is 4. The summed E-state index contributed by atoms with van der Waals surface area (Å²) in [6.07, 6.45) is 1.49. The Bertz CT molecular complexity index is 453. The van der Waals surface area contributed by atoms with E-state index >= 15 is 0 Å². The minimum Gasteiger partial charge on any atom is -0.474 e. The van der Waals surface area contributed by atoms with Crippen LogP contribution in [0.1, 0.15) is 10.7 Å². The van der Waals surface area contributed by atoms with Crippen LogP contribution in [0.5, 0.6) is 0 Å². The van der Waals surface area contributed by atoms with Gasteiger partial charge in [-0.05, 0) is 12.1 Å². The van der Waals surface area contributed by atoms with Crippen molar-refractivity contribution in [1.82, 2.24) is 20.3 Å². The first kappa shape index (κ1) is 8.30. The van der Waals surface area contributed by atoms with Crippen LogP contribution in [0, 0.1) is 0 Å². The Morgan fingerprint density at radius 2 is 2.36 bits per heavy atom. The zero-order valence-electron chi connectivity index (χ0n) is 6.78. The van der Waals surface area contributed by atoms with Crippen molar-refractivity contribution in [3.8, 4) is 11.5 Å². The fourth-order valence-corrected chi connectivity index (χ4v) is 0.835. The number of hydrogen-bond acceptors (Lipinski definition) is 6. The van der Waals surface area contributed by atoms with Gasteiger partial charge in [-0.1, -0.05) is 5.16 Å². The average molecular weight is 192 g/mol. The lowest BCUT2D eigenvalue weighted by Gasteiger charge is -1.87. The number of carbonyl (C=O) groups is 1. The first-order valence-corrected chi connectivity index (χ1v) is 3.62. The molecule has 2 aromatic rings. The Morgan fingerprint density at radius 1 is 1.50 bits per heavy atom. The van der Waals surface area contributed by atoms with Crippen LogP contribution in [0.15, 0.2) is 22.9 Å². The number of aromatic carboxylic acids is 1. The van der Waals surface area contributed by atoms with E-state index in [0.717, 1.165) is 0 Å². The maximum absolute atomic E-state index is 10.4. The molecule has 0 atom stereocenters. The molecule has 0 spiro atoms. The molecule has 2 heterocycles. The van der Waals surface area contributed by atoms with E-state index in [0.29, 0.717) is 5.69 Å². The number of carboxylic acids is 1. The van der Waals surface area contributed by atoms with Crippen molar-refractivity contribution in [2.45, 2.75) is 0 Å². The van der Waals surface area contributed by atoms with Crippen LogP contribution < -0.4 is 0 Å². The van der Waals surface area contributed by atoms with E-state index in [-0.39, 0.29) is 5.82 Å². The van der Waals surface area contributed by atoms with Crippen LogP contribution in [0.25, 0.3) is 11.5 Å². The van der Waals surface area contributed by atoms with Crippen molar-refractivity contribution in [3.05, 3.63) is 24.2 Å². The molecular weight excluding hydrogens is 188 g/mol. The quantitative estimate of drug-likeness (QED) is 0.726. The second-order valence-electron chi connectivity index (χ2n) is 2.34. The molecule has 0 saturated carbocycles. The summed E-state index contributed by atoms with van der Waals surface area (Å²) in [6.45, 7) is 0. The largest absolute Gasteiger partial charge is 0.474 e. The summed E-state index contributed by atoms with van der Waals surface area (Å²) in [5.74, 6) is -1.63. The maximum atomic E-state index is 10.4. The van der Waals surface area contributed by atoms with Crippen LogP contribution in [-0.4, -0.2) is 31.4 Å². The summed E-state index contributed by atoms with van der Waals surface area (Å²) in [4.78, 5) is 14.0. The van der Waals surface area contributed by atoms with E-state index in [1.165, 1.54) is 6.20 Å². The topological polar surface area (TPSA) is 102 Å². The highest BCUT2D eigenvalue weighted by Crippen LogP contribution is 2.10. The molecule has 0 aliphatic carbocycles. The molecule has 70 valence electrons. The number of carboxylic acid groups (broad SMARTS) is 1. The van der Waals surface area contributed by atoms with Gasteiger partial charge in [0.05, 0.1) is 0 Å². The van der Waals surface area contributed by atoms with E-state index in [2.05, 4.69) is 24.9 Å². The number of nitrogens with zero attached hydrogens (tertiary/aromatic N) is 4. The van der Waals surface area contributed by atoms with Crippen molar-refractivity contribution in [1.29, 1.82) is 0 Å². The first-order valence-electron chi connectivity index (χ1n) is 3.62. The summed E-state index contributed by atoms with van der Waals surface area (Å²) in [7, 11) is 0. The normalized spacial score (nSPS) is 10.0. The molecule has 0 aromatic carbocycles. The molecule has 7 nitrogen and oxygen atoms in total. The van der Waals surface area contributed by atoms with Gasteiger partial charge in [-0.3, -0.25) is 0 Å². The van der Waals surface area contributed by atoms with Crippen LogP contribution in [0.4, 0.5) is 0 Å². The van der Waals surface area contributed by atoms with Crippen molar-refractivity contribution in [3.63, 3.8) is 0 Å². The van der Waals surface area contributed by atoms with E-state index in [1.54, 1.807) is 12.1 Å². The summed E-state index contributed by atoms with van der Waals surface area (Å²) < 4.78 is 4.45. The van der Waals surface area contributed by atoms with Gasteiger partial charge in [-0.2, -0.15) is 10.1 Å². The van der Waals surface area contributed by atoms with Gasteiger partial charge in [0, 0.05) is 6.20 Å². The maximum Gasteiger partial charge on any atom is 0.394 e. The fourth-order valence-electron chi connectivity index (χ4n) is 0.835. The van der Waals surface area contributed by atoms with Crippen molar-refractivity contribution in [2.24, 2.45) is 0 Å². The molecule has 0 amide bonds. The third-order valence-electron chi connectivity index (χ3n) is 1.41. The number of rotatable bonds is 2. The van der Waals surface area contributed by atoms with Gasteiger partial charge in [-0.25, -0.2) is 4.79 Å². The summed E-state index contributed by atoms with van der Waals surface area (Å²) in [5, 5.41) is 19.2. The highest BCUT2D eigenvalue weighted by molar-refractivity contribution is 5.82. The lowest BCUT2D eigenvalue weighted by Crippen LogP contribution is -1.96. The number of hydrogen-bond donors (Lipinski definition) is 1. The van der Waals surface area contributed by atoms with Gasteiger partial charge in [0.15, 0.2) is 0 Å². The standard InChI is InChI=1S/C7H4N4O3/c12-7(13)6-9-5(11-14-6)4-2-1-3-8-10-4/h1-3H,(H,12,13). The van der Waals surface area contributed by atoms with Gasteiger partial charge in [0.1, 0.15) is 5.69 Å². The Kier molecular flexibility index (Phi) is 1.90. The molecular formula is C7H4N4O3. The van der Waals surface area contributed by atoms with Gasteiger partial charge in [0.2, 0.25) is 5.82 Å². The molecule has 14 heavy (non-hydrogen) atoms. The van der Waals surface area contributed by atoms with Crippen molar-refractivity contribution in [2.75, 3.05) is 0 Å². The lowest BCUT2D eigenvalue weighted by molar-refractivity contribution is 0.0643. The van der Waals surface area contributed by atoms with Gasteiger partial charge >= 0.3 is 11.9 Å². The van der Waals surface area contributed by atoms with Crippen LogP contribution in [0.3, 0.4) is 0 Å². The summed E-state index contributed by atoms with van der Waals surface area (Å²) >= 11 is 0. The van der Waals surface area contributed by atoms with Crippen LogP contribution >= 0.6 is 0 Å². The molecule has 0 fully saturated rings. The molecule has 1 N–H and O–H groups in total. The Balaban J connectivity index is 2.39. The van der Waals surface area contributed by atoms with E-state index < -0.39 is 11.9 Å². The average Bonchev–Trinajstić information content (AvgIpc) is 2.68. The minimum absolute atomic E-state index is 0.107. The fraction of sp³-hybridized carbons (Fsp3) is 0. The second-order valence-corrected chi connectivity index (χ2v) is 2.34. The van der Waals surface area contributed by atoms with E-state index in [1.807, 2.05) is 0 Å². The van der Waals surface area contributed by atoms with Gasteiger partial charge in [0.25, 0.3) is 0 Å². The van der Waals surface area contributed by atoms with Crippen LogP contribution in [-0.2, 0) is 0 Å². The molecule has 2 rings (SSSR count). The first-order chi connectivity index (χ1) is 6.77. The third-order valence-corrected chi connectivity index (χ3v) is 1.41. The SMILES string of the molecule is O=C(O)c1nc(-c2cccnn2)no1. The smallest absolute Gasteiger partial charge is 0.394 e. The summed E-state index contributed by atoms with van der Waals surface area (Å²) in [6, 6.07) is 3.24. The molecule has 0 saturated heterocycles. The van der Waals surface area contributed by atoms with Gasteiger partial charge in [-0.15, -0.1) is 5.10 Å². The molecule has 0 aliphatic rings. The Hall–Kier alpha value is -2.31. The monoisotopic (exact) mass is 192 g/mol. The second kappa shape index (κ2) is 3.21. The zero-order valence-corrected chi connectivity index (χ0v) is 6.78. The zero-order chi connectivity index (χ0) is 9.97. The van der Waals surface area contributed by atoms with Crippen molar-refractivity contribution < 1.29 is 14.4 Å². The summed E-state index contributed by atoms with van der Waals surface area (Å²) in [5.41, 5.74) is 0.365. The molecule has 0 radical (unpaired) electrons. The minimum atomic E-state index is -1.27. The van der Waals surface area contributed by atoms with Crippen molar-refractivity contribution >= 4 is 5.97 Å². The van der Waals surface area contributed by atoms with E-state index in [4.69, 9.17) is 5.11 Å². The molecule has 7 heteroatoms. The molecule has 0 bridgehead atoms. The molecule has 2 aromatic heterocycles. The Labute approximate surface area is 77.4 Å². The van der Waals surface area contributed by atoms with Crippen LogP contribution in [0.2, 0.25) is 0 Å².